The van der Waals surface area contributed by atoms with Crippen molar-refractivity contribution in [1.29, 1.82) is 0 Å². The Morgan fingerprint density at radius 3 is 2.39 bits per heavy atom. The summed E-state index contributed by atoms with van der Waals surface area (Å²) in [5, 5.41) is 7.01. The molecule has 1 saturated heterocycles. The van der Waals surface area contributed by atoms with Crippen LogP contribution in [0.15, 0.2) is 28.8 Å². The van der Waals surface area contributed by atoms with E-state index in [1.807, 2.05) is 20.8 Å². The lowest BCUT2D eigenvalue weighted by Crippen LogP contribution is -2.44. The maximum atomic E-state index is 12.2. The van der Waals surface area contributed by atoms with Crippen LogP contribution in [0.3, 0.4) is 0 Å². The number of hydrogen-bond donors (Lipinski definition) is 1. The standard InChI is InChI=1S/C24H36N4O3/c1-17-14-28(15-18(2)30-17)16-20-11-9-19(10-12-20)13-25-21(29)7-6-8-22-26-23(27-31-22)24(3,4)5/h9-12,17-18H,6-8,13-16H2,1-5H3,(H,25,29). The third kappa shape index (κ3) is 7.43. The molecule has 31 heavy (non-hydrogen) atoms. The largest absolute Gasteiger partial charge is 0.373 e. The molecule has 0 spiro atoms. The topological polar surface area (TPSA) is 80.5 Å². The lowest BCUT2D eigenvalue weighted by molar-refractivity contribution is -0.121. The number of benzene rings is 1. The van der Waals surface area contributed by atoms with Gasteiger partial charge < -0.3 is 14.6 Å². The van der Waals surface area contributed by atoms with Crippen LogP contribution in [-0.2, 0) is 34.5 Å². The molecule has 1 N–H and O–H groups in total. The van der Waals surface area contributed by atoms with Crippen LogP contribution in [0.25, 0.3) is 0 Å². The van der Waals surface area contributed by atoms with Gasteiger partial charge in [0, 0.05) is 44.4 Å². The Hall–Kier alpha value is -2.25. The Kier molecular flexibility index (Phi) is 7.84. The second kappa shape index (κ2) is 10.4. The highest BCUT2D eigenvalue weighted by Crippen LogP contribution is 2.19. The SMILES string of the molecule is CC1CN(Cc2ccc(CNC(=O)CCCc3nc(C(C)(C)C)no3)cc2)CC(C)O1. The number of carbonyl (C=O) groups excluding carboxylic acids is 1. The van der Waals surface area contributed by atoms with Gasteiger partial charge in [0.15, 0.2) is 5.82 Å². The molecule has 0 radical (unpaired) electrons. The highest BCUT2D eigenvalue weighted by molar-refractivity contribution is 5.75. The van der Waals surface area contributed by atoms with Gasteiger partial charge in [-0.2, -0.15) is 4.98 Å². The molecular weight excluding hydrogens is 392 g/mol. The number of rotatable bonds is 8. The number of nitrogens with one attached hydrogen (secondary N) is 1. The Labute approximate surface area is 185 Å². The highest BCUT2D eigenvalue weighted by atomic mass is 16.5. The van der Waals surface area contributed by atoms with Gasteiger partial charge in [-0.1, -0.05) is 50.2 Å². The second-order valence-electron chi connectivity index (χ2n) is 9.66. The van der Waals surface area contributed by atoms with Crippen molar-refractivity contribution < 1.29 is 14.1 Å². The molecule has 0 aliphatic carbocycles. The van der Waals surface area contributed by atoms with Crippen molar-refractivity contribution in [3.63, 3.8) is 0 Å². The van der Waals surface area contributed by atoms with E-state index in [-0.39, 0.29) is 23.5 Å². The zero-order valence-corrected chi connectivity index (χ0v) is 19.5. The molecule has 1 fully saturated rings. The highest BCUT2D eigenvalue weighted by Gasteiger charge is 2.22. The van der Waals surface area contributed by atoms with Crippen molar-refractivity contribution in [2.24, 2.45) is 0 Å². The maximum absolute atomic E-state index is 12.2. The quantitative estimate of drug-likeness (QED) is 0.692. The van der Waals surface area contributed by atoms with E-state index in [9.17, 15) is 4.79 Å². The Balaban J connectivity index is 1.37. The first-order chi connectivity index (χ1) is 14.7. The average molecular weight is 429 g/mol. The number of carbonyl (C=O) groups is 1. The third-order valence-corrected chi connectivity index (χ3v) is 5.35. The molecule has 1 aromatic heterocycles. The Morgan fingerprint density at radius 2 is 1.77 bits per heavy atom. The lowest BCUT2D eigenvalue weighted by atomic mass is 9.96. The average Bonchev–Trinajstić information content (AvgIpc) is 3.16. The van der Waals surface area contributed by atoms with E-state index in [1.165, 1.54) is 5.56 Å². The summed E-state index contributed by atoms with van der Waals surface area (Å²) in [6.07, 6.45) is 2.30. The molecule has 2 heterocycles. The summed E-state index contributed by atoms with van der Waals surface area (Å²) >= 11 is 0. The first-order valence-corrected chi connectivity index (χ1v) is 11.2. The minimum absolute atomic E-state index is 0.0379. The molecule has 1 aliphatic heterocycles. The number of morpholine rings is 1. The van der Waals surface area contributed by atoms with Gasteiger partial charge in [0.25, 0.3) is 0 Å². The minimum Gasteiger partial charge on any atom is -0.373 e. The van der Waals surface area contributed by atoms with Crippen LogP contribution in [0.5, 0.6) is 0 Å². The van der Waals surface area contributed by atoms with Crippen molar-refractivity contribution >= 4 is 5.91 Å². The normalized spacial score (nSPS) is 20.0. The zero-order chi connectivity index (χ0) is 22.4. The second-order valence-corrected chi connectivity index (χ2v) is 9.66. The fraction of sp³-hybridized carbons (Fsp3) is 0.625. The third-order valence-electron chi connectivity index (χ3n) is 5.35. The van der Waals surface area contributed by atoms with Gasteiger partial charge >= 0.3 is 0 Å². The first-order valence-electron chi connectivity index (χ1n) is 11.2. The van der Waals surface area contributed by atoms with Crippen molar-refractivity contribution in [1.82, 2.24) is 20.4 Å². The predicted molar refractivity (Wildman–Crippen MR) is 120 cm³/mol. The molecular formula is C24H36N4O3. The van der Waals surface area contributed by atoms with Crippen LogP contribution in [0.1, 0.15) is 70.3 Å². The number of ether oxygens (including phenoxy) is 1. The van der Waals surface area contributed by atoms with Crippen molar-refractivity contribution in [2.45, 2.75) is 84.6 Å². The van der Waals surface area contributed by atoms with Crippen LogP contribution in [0.2, 0.25) is 0 Å². The Bertz CT molecular complexity index is 831. The van der Waals surface area contributed by atoms with E-state index in [0.717, 1.165) is 25.2 Å². The summed E-state index contributed by atoms with van der Waals surface area (Å²) in [6.45, 7) is 13.8. The summed E-state index contributed by atoms with van der Waals surface area (Å²) in [5.41, 5.74) is 2.26. The summed E-state index contributed by atoms with van der Waals surface area (Å²) < 4.78 is 11.1. The van der Waals surface area contributed by atoms with Crippen LogP contribution in [0.4, 0.5) is 0 Å². The number of aryl methyl sites for hydroxylation is 1. The monoisotopic (exact) mass is 428 g/mol. The number of hydrogen-bond acceptors (Lipinski definition) is 6. The van der Waals surface area contributed by atoms with Gasteiger partial charge in [0.1, 0.15) is 0 Å². The molecule has 2 atom stereocenters. The number of nitrogens with zero attached hydrogens (tertiary/aromatic N) is 3. The summed E-state index contributed by atoms with van der Waals surface area (Å²) in [4.78, 5) is 19.0. The number of aromatic nitrogens is 2. The molecule has 2 aromatic rings. The van der Waals surface area contributed by atoms with Gasteiger partial charge in [-0.15, -0.1) is 0 Å². The van der Waals surface area contributed by atoms with Gasteiger partial charge in [0.2, 0.25) is 11.8 Å². The minimum atomic E-state index is -0.131. The van der Waals surface area contributed by atoms with E-state index in [1.54, 1.807) is 0 Å². The van der Waals surface area contributed by atoms with Gasteiger partial charge in [-0.3, -0.25) is 9.69 Å². The van der Waals surface area contributed by atoms with Crippen molar-refractivity contribution in [3.05, 3.63) is 47.1 Å². The molecule has 0 saturated carbocycles. The van der Waals surface area contributed by atoms with Gasteiger partial charge in [0.05, 0.1) is 12.2 Å². The van der Waals surface area contributed by atoms with Crippen LogP contribution < -0.4 is 5.32 Å². The maximum Gasteiger partial charge on any atom is 0.226 e. The molecule has 2 unspecified atom stereocenters. The van der Waals surface area contributed by atoms with Crippen LogP contribution in [-0.4, -0.2) is 46.2 Å². The summed E-state index contributed by atoms with van der Waals surface area (Å²) in [6, 6.07) is 8.48. The summed E-state index contributed by atoms with van der Waals surface area (Å²) in [5.74, 6) is 1.33. The predicted octanol–water partition coefficient (Wildman–Crippen LogP) is 3.62. The lowest BCUT2D eigenvalue weighted by Gasteiger charge is -2.35. The van der Waals surface area contributed by atoms with Gasteiger partial charge in [-0.25, -0.2) is 0 Å². The smallest absolute Gasteiger partial charge is 0.226 e. The number of amides is 1. The fourth-order valence-corrected chi connectivity index (χ4v) is 3.78. The van der Waals surface area contributed by atoms with Crippen molar-refractivity contribution in [2.75, 3.05) is 13.1 Å². The molecule has 7 nitrogen and oxygen atoms in total. The molecule has 7 heteroatoms. The fourth-order valence-electron chi connectivity index (χ4n) is 3.78. The zero-order valence-electron chi connectivity index (χ0n) is 19.5. The summed E-state index contributed by atoms with van der Waals surface area (Å²) in [7, 11) is 0. The molecule has 1 aromatic carbocycles. The molecule has 170 valence electrons. The van der Waals surface area contributed by atoms with E-state index >= 15 is 0 Å². The Morgan fingerprint density at radius 1 is 1.13 bits per heavy atom. The first kappa shape index (κ1) is 23.4. The van der Waals surface area contributed by atoms with E-state index < -0.39 is 0 Å². The molecule has 1 aliphatic rings. The molecule has 3 rings (SSSR count). The molecule has 1 amide bonds. The van der Waals surface area contributed by atoms with E-state index in [4.69, 9.17) is 9.26 Å². The van der Waals surface area contributed by atoms with Crippen LogP contribution in [0, 0.1) is 0 Å². The van der Waals surface area contributed by atoms with Gasteiger partial charge in [-0.05, 0) is 31.4 Å². The van der Waals surface area contributed by atoms with Crippen LogP contribution >= 0.6 is 0 Å². The van der Waals surface area contributed by atoms with Crippen molar-refractivity contribution in [3.8, 4) is 0 Å². The molecule has 0 bridgehead atoms. The van der Waals surface area contributed by atoms with E-state index in [2.05, 4.69) is 58.5 Å². The van der Waals surface area contributed by atoms with E-state index in [0.29, 0.717) is 37.5 Å².